The van der Waals surface area contributed by atoms with E-state index in [-0.39, 0.29) is 17.3 Å². The lowest BCUT2D eigenvalue weighted by molar-refractivity contribution is -0.111. The fourth-order valence-electron chi connectivity index (χ4n) is 2.41. The Morgan fingerprint density at radius 3 is 2.08 bits per heavy atom. The molecular formula is C16H20N2O6. The van der Waals surface area contributed by atoms with E-state index in [1.165, 1.54) is 28.4 Å². The topological polar surface area (TPSA) is 102 Å². The monoisotopic (exact) mass is 336 g/mol. The second-order valence-corrected chi connectivity index (χ2v) is 4.82. The third kappa shape index (κ3) is 2.81. The van der Waals surface area contributed by atoms with Crippen LogP contribution in [-0.2, 0) is 18.9 Å². The highest BCUT2D eigenvalue weighted by Gasteiger charge is 2.54. The first-order valence-corrected chi connectivity index (χ1v) is 7.07. The van der Waals surface area contributed by atoms with Crippen molar-refractivity contribution in [3.8, 4) is 0 Å². The molecule has 0 heterocycles. The Balaban J connectivity index is 2.60. The number of aliphatic hydroxyl groups is 2. The van der Waals surface area contributed by atoms with Crippen LogP contribution in [-0.4, -0.2) is 50.5 Å². The molecule has 0 bridgehead atoms. The molecule has 2 unspecified atom stereocenters. The highest BCUT2D eigenvalue weighted by molar-refractivity contribution is 5.40. The minimum atomic E-state index is -1.82. The third-order valence-electron chi connectivity index (χ3n) is 3.59. The van der Waals surface area contributed by atoms with Gasteiger partial charge in [0, 0.05) is 7.11 Å². The molecule has 2 atom stereocenters. The van der Waals surface area contributed by atoms with Gasteiger partial charge in [-0.2, -0.15) is 5.11 Å². The van der Waals surface area contributed by atoms with Crippen LogP contribution in [0.4, 0.5) is 5.69 Å². The molecule has 1 aliphatic rings. The highest BCUT2D eigenvalue weighted by atomic mass is 16.6. The smallest absolute Gasteiger partial charge is 0.274 e. The quantitative estimate of drug-likeness (QED) is 0.774. The van der Waals surface area contributed by atoms with Gasteiger partial charge in [0.05, 0.1) is 27.0 Å². The molecule has 1 aromatic carbocycles. The molecule has 0 spiro atoms. The number of methoxy groups -OCH3 is 4. The van der Waals surface area contributed by atoms with Crippen LogP contribution >= 0.6 is 0 Å². The Labute approximate surface area is 139 Å². The maximum Gasteiger partial charge on any atom is 0.274 e. The summed E-state index contributed by atoms with van der Waals surface area (Å²) < 4.78 is 21.1. The zero-order valence-corrected chi connectivity index (χ0v) is 13.9. The van der Waals surface area contributed by atoms with Crippen molar-refractivity contribution in [3.05, 3.63) is 53.4 Å². The molecule has 2 N–H and O–H groups in total. The number of nitrogens with zero attached hydrogens (tertiary/aromatic N) is 2. The van der Waals surface area contributed by atoms with Crippen molar-refractivity contribution in [2.24, 2.45) is 10.2 Å². The number of azo groups is 1. The van der Waals surface area contributed by atoms with Crippen molar-refractivity contribution in [3.63, 3.8) is 0 Å². The van der Waals surface area contributed by atoms with Crippen molar-refractivity contribution in [1.29, 1.82) is 0 Å². The molecule has 130 valence electrons. The standard InChI is InChI=1S/C16H20N2O6/c1-21-12-11(19)14(20)16(24-4,15(23-3)13(12)22-2)18-17-10-8-6-5-7-9-10/h5-9,14,19-20H,1-4H3. The van der Waals surface area contributed by atoms with Gasteiger partial charge in [-0.1, -0.05) is 18.2 Å². The van der Waals surface area contributed by atoms with Gasteiger partial charge in [0.15, 0.2) is 11.9 Å². The molecule has 0 saturated carbocycles. The van der Waals surface area contributed by atoms with E-state index in [1.807, 2.05) is 6.07 Å². The van der Waals surface area contributed by atoms with E-state index < -0.39 is 17.6 Å². The Bertz CT molecular complexity index is 670. The maximum atomic E-state index is 10.5. The van der Waals surface area contributed by atoms with Crippen LogP contribution in [0.5, 0.6) is 0 Å². The molecule has 0 fully saturated rings. The Morgan fingerprint density at radius 1 is 0.958 bits per heavy atom. The lowest BCUT2D eigenvalue weighted by atomic mass is 9.95. The fraction of sp³-hybridized carbons (Fsp3) is 0.375. The van der Waals surface area contributed by atoms with Gasteiger partial charge >= 0.3 is 0 Å². The summed E-state index contributed by atoms with van der Waals surface area (Å²) in [6, 6.07) is 8.87. The molecular weight excluding hydrogens is 316 g/mol. The van der Waals surface area contributed by atoms with Gasteiger partial charge in [0.25, 0.3) is 5.72 Å². The van der Waals surface area contributed by atoms with Gasteiger partial charge in [0.1, 0.15) is 0 Å². The first kappa shape index (κ1) is 17.8. The first-order valence-electron chi connectivity index (χ1n) is 7.07. The minimum absolute atomic E-state index is 0.0225. The summed E-state index contributed by atoms with van der Waals surface area (Å²) in [5, 5.41) is 29.0. The van der Waals surface area contributed by atoms with E-state index in [9.17, 15) is 10.2 Å². The van der Waals surface area contributed by atoms with E-state index in [2.05, 4.69) is 10.2 Å². The molecule has 8 heteroatoms. The number of rotatable bonds is 6. The van der Waals surface area contributed by atoms with Crippen molar-refractivity contribution in [1.82, 2.24) is 0 Å². The highest BCUT2D eigenvalue weighted by Crippen LogP contribution is 2.41. The summed E-state index contributed by atoms with van der Waals surface area (Å²) in [7, 11) is 5.37. The van der Waals surface area contributed by atoms with Gasteiger partial charge in [0.2, 0.25) is 17.3 Å². The second kappa shape index (κ2) is 7.33. The van der Waals surface area contributed by atoms with Crippen LogP contribution in [0.25, 0.3) is 0 Å². The average Bonchev–Trinajstić information content (AvgIpc) is 2.63. The van der Waals surface area contributed by atoms with Crippen LogP contribution < -0.4 is 0 Å². The second-order valence-electron chi connectivity index (χ2n) is 4.82. The van der Waals surface area contributed by atoms with Crippen LogP contribution in [0.2, 0.25) is 0 Å². The molecule has 0 aromatic heterocycles. The number of hydrogen-bond donors (Lipinski definition) is 2. The Hall–Kier alpha value is -2.58. The van der Waals surface area contributed by atoms with Crippen LogP contribution in [0.3, 0.4) is 0 Å². The number of hydrogen-bond acceptors (Lipinski definition) is 8. The van der Waals surface area contributed by atoms with Crippen LogP contribution in [0.1, 0.15) is 0 Å². The van der Waals surface area contributed by atoms with Gasteiger partial charge in [-0.05, 0) is 12.1 Å². The molecule has 24 heavy (non-hydrogen) atoms. The summed E-state index contributed by atoms with van der Waals surface area (Å²) >= 11 is 0. The van der Waals surface area contributed by atoms with E-state index in [0.29, 0.717) is 5.69 Å². The summed E-state index contributed by atoms with van der Waals surface area (Å²) in [6.45, 7) is 0. The zero-order valence-electron chi connectivity index (χ0n) is 13.9. The molecule has 0 radical (unpaired) electrons. The number of aliphatic hydroxyl groups excluding tert-OH is 2. The maximum absolute atomic E-state index is 10.5. The van der Waals surface area contributed by atoms with Crippen LogP contribution in [0.15, 0.2) is 63.6 Å². The zero-order chi connectivity index (χ0) is 17.7. The summed E-state index contributed by atoms with van der Waals surface area (Å²) in [6.07, 6.45) is -1.60. The summed E-state index contributed by atoms with van der Waals surface area (Å²) in [5.74, 6) is -0.487. The molecule has 2 rings (SSSR count). The molecule has 0 amide bonds. The largest absolute Gasteiger partial charge is 0.506 e. The number of benzene rings is 1. The first-order chi connectivity index (χ1) is 11.6. The molecule has 1 aromatic rings. The van der Waals surface area contributed by atoms with Gasteiger partial charge in [-0.15, -0.1) is 5.11 Å². The lowest BCUT2D eigenvalue weighted by Gasteiger charge is -2.36. The van der Waals surface area contributed by atoms with Crippen molar-refractivity contribution in [2.75, 3.05) is 28.4 Å². The van der Waals surface area contributed by atoms with E-state index in [1.54, 1.807) is 24.3 Å². The summed E-state index contributed by atoms with van der Waals surface area (Å²) in [4.78, 5) is 0. The third-order valence-corrected chi connectivity index (χ3v) is 3.59. The van der Waals surface area contributed by atoms with E-state index in [4.69, 9.17) is 18.9 Å². The van der Waals surface area contributed by atoms with Gasteiger partial charge in [-0.25, -0.2) is 0 Å². The predicted molar refractivity (Wildman–Crippen MR) is 84.4 cm³/mol. The Morgan fingerprint density at radius 2 is 1.58 bits per heavy atom. The molecule has 0 saturated heterocycles. The lowest BCUT2D eigenvalue weighted by Crippen LogP contribution is -2.49. The van der Waals surface area contributed by atoms with Crippen molar-refractivity contribution >= 4 is 5.69 Å². The van der Waals surface area contributed by atoms with E-state index >= 15 is 0 Å². The predicted octanol–water partition coefficient (Wildman–Crippen LogP) is 2.41. The molecule has 1 aliphatic carbocycles. The molecule has 0 aliphatic heterocycles. The normalized spacial score (nSPS) is 24.5. The molecule has 8 nitrogen and oxygen atoms in total. The van der Waals surface area contributed by atoms with Crippen molar-refractivity contribution < 1.29 is 29.2 Å². The minimum Gasteiger partial charge on any atom is -0.506 e. The SMILES string of the molecule is COC1=C(O)C(O)C(N=Nc2ccccc2)(OC)C(OC)=C1OC. The van der Waals surface area contributed by atoms with E-state index in [0.717, 1.165) is 0 Å². The van der Waals surface area contributed by atoms with Crippen molar-refractivity contribution in [2.45, 2.75) is 11.8 Å². The Kier molecular flexibility index (Phi) is 5.42. The van der Waals surface area contributed by atoms with Crippen LogP contribution in [0, 0.1) is 0 Å². The van der Waals surface area contributed by atoms with Gasteiger partial charge < -0.3 is 29.2 Å². The summed E-state index contributed by atoms with van der Waals surface area (Å²) in [5.41, 5.74) is -1.28. The number of ether oxygens (including phenoxy) is 4. The van der Waals surface area contributed by atoms with Gasteiger partial charge in [-0.3, -0.25) is 0 Å². The average molecular weight is 336 g/mol. The fourth-order valence-corrected chi connectivity index (χ4v) is 2.41.